The molecule has 3 aromatic heterocycles. The minimum absolute atomic E-state index is 0.0667. The molecule has 2 aromatic carbocycles. The molecule has 1 aliphatic heterocycles. The van der Waals surface area contributed by atoms with Crippen LogP contribution in [-0.4, -0.2) is 35.3 Å². The fourth-order valence-electron chi connectivity index (χ4n) is 4.53. The maximum atomic E-state index is 14.7. The van der Waals surface area contributed by atoms with Gasteiger partial charge in [-0.05, 0) is 37.1 Å². The molecule has 0 saturated heterocycles. The molecule has 1 amide bonds. The molecule has 8 nitrogen and oxygen atoms in total. The number of hydrogen-bond donors (Lipinski definition) is 1. The number of nitrogens with one attached hydrogen (secondary N) is 1. The van der Waals surface area contributed by atoms with Crippen LogP contribution in [0.4, 0.5) is 10.1 Å². The standard InChI is InChI=1S/C26H22FN7O/c27-20-11-10-18(24-32-31-23-9-5-2-6-14-33(23)24)15-21(20)30-26(35)19-16-29-34-22(12-13-28-25(19)34)17-7-3-1-4-8-17/h1,3-4,7-8,10-13,15-16H,2,5-6,9,14H2,(H,30,35). The number of aromatic nitrogens is 6. The van der Waals surface area contributed by atoms with E-state index in [-0.39, 0.29) is 11.3 Å². The number of aryl methyl sites for hydroxylation is 1. The van der Waals surface area contributed by atoms with Crippen LogP contribution in [0.1, 0.15) is 35.4 Å². The van der Waals surface area contributed by atoms with E-state index in [1.165, 1.54) is 12.3 Å². The molecule has 0 spiro atoms. The van der Waals surface area contributed by atoms with E-state index in [2.05, 4.69) is 30.2 Å². The van der Waals surface area contributed by atoms with Gasteiger partial charge >= 0.3 is 0 Å². The molecule has 0 bridgehead atoms. The molecule has 0 fully saturated rings. The lowest BCUT2D eigenvalue weighted by Crippen LogP contribution is -2.13. The zero-order chi connectivity index (χ0) is 23.8. The van der Waals surface area contributed by atoms with Crippen LogP contribution in [0.3, 0.4) is 0 Å². The summed E-state index contributed by atoms with van der Waals surface area (Å²) in [5, 5.41) is 15.7. The van der Waals surface area contributed by atoms with E-state index in [0.29, 0.717) is 17.0 Å². The number of fused-ring (bicyclic) bond motifs is 2. The predicted molar refractivity (Wildman–Crippen MR) is 129 cm³/mol. The Bertz CT molecular complexity index is 1540. The highest BCUT2D eigenvalue weighted by Crippen LogP contribution is 2.27. The van der Waals surface area contributed by atoms with E-state index in [1.807, 2.05) is 36.4 Å². The molecule has 1 aliphatic rings. The number of carbonyl (C=O) groups is 1. The van der Waals surface area contributed by atoms with Crippen LogP contribution in [0.5, 0.6) is 0 Å². The van der Waals surface area contributed by atoms with Crippen LogP contribution in [0.25, 0.3) is 28.3 Å². The first kappa shape index (κ1) is 21.2. The molecule has 0 atom stereocenters. The van der Waals surface area contributed by atoms with E-state index in [4.69, 9.17) is 0 Å². The van der Waals surface area contributed by atoms with Crippen molar-refractivity contribution in [2.75, 3.05) is 5.32 Å². The molecule has 6 rings (SSSR count). The Morgan fingerprint density at radius 3 is 2.74 bits per heavy atom. The second kappa shape index (κ2) is 8.75. The Kier molecular flexibility index (Phi) is 5.29. The highest BCUT2D eigenvalue weighted by atomic mass is 19.1. The number of hydrogen-bond acceptors (Lipinski definition) is 5. The van der Waals surface area contributed by atoms with E-state index in [0.717, 1.165) is 49.3 Å². The molecule has 174 valence electrons. The number of carbonyl (C=O) groups excluding carboxylic acids is 1. The van der Waals surface area contributed by atoms with Crippen molar-refractivity contribution in [2.24, 2.45) is 0 Å². The molecule has 0 aliphatic carbocycles. The van der Waals surface area contributed by atoms with Gasteiger partial charge in [0.2, 0.25) is 0 Å². The van der Waals surface area contributed by atoms with E-state index < -0.39 is 11.7 Å². The van der Waals surface area contributed by atoms with Gasteiger partial charge in [-0.25, -0.2) is 13.9 Å². The molecule has 0 unspecified atom stereocenters. The number of amides is 1. The van der Waals surface area contributed by atoms with Crippen molar-refractivity contribution < 1.29 is 9.18 Å². The minimum Gasteiger partial charge on any atom is -0.319 e. The lowest BCUT2D eigenvalue weighted by molar-refractivity contribution is 0.102. The molecular formula is C26H22FN7O. The van der Waals surface area contributed by atoms with Crippen LogP contribution < -0.4 is 5.32 Å². The number of nitrogens with zero attached hydrogens (tertiary/aromatic N) is 6. The molecule has 4 heterocycles. The SMILES string of the molecule is O=C(Nc1cc(-c2nnc3n2CCCCC3)ccc1F)c1cnn2c(-c3ccccc3)ccnc12. The fraction of sp³-hybridized carbons (Fsp3) is 0.192. The number of halogens is 1. The second-order valence-electron chi connectivity index (χ2n) is 8.54. The van der Waals surface area contributed by atoms with Gasteiger partial charge in [-0.3, -0.25) is 4.79 Å². The number of benzene rings is 2. The topological polar surface area (TPSA) is 90.0 Å². The van der Waals surface area contributed by atoms with Crippen molar-refractivity contribution in [1.82, 2.24) is 29.4 Å². The first-order valence-corrected chi connectivity index (χ1v) is 11.6. The maximum Gasteiger partial charge on any atom is 0.261 e. The van der Waals surface area contributed by atoms with Gasteiger partial charge in [-0.2, -0.15) is 5.10 Å². The van der Waals surface area contributed by atoms with Gasteiger partial charge in [0.05, 0.1) is 17.6 Å². The van der Waals surface area contributed by atoms with Gasteiger partial charge in [0.15, 0.2) is 11.5 Å². The Balaban J connectivity index is 1.33. The first-order valence-electron chi connectivity index (χ1n) is 11.6. The van der Waals surface area contributed by atoms with Crippen molar-refractivity contribution in [2.45, 2.75) is 32.2 Å². The number of anilines is 1. The summed E-state index contributed by atoms with van der Waals surface area (Å²) >= 11 is 0. The Morgan fingerprint density at radius 2 is 1.86 bits per heavy atom. The third-order valence-electron chi connectivity index (χ3n) is 6.30. The van der Waals surface area contributed by atoms with Crippen LogP contribution in [0.15, 0.2) is 67.0 Å². The number of rotatable bonds is 4. The smallest absolute Gasteiger partial charge is 0.261 e. The lowest BCUT2D eigenvalue weighted by atomic mass is 10.1. The third-order valence-corrected chi connectivity index (χ3v) is 6.30. The van der Waals surface area contributed by atoms with Crippen molar-refractivity contribution in [3.63, 3.8) is 0 Å². The quantitative estimate of drug-likeness (QED) is 0.411. The van der Waals surface area contributed by atoms with Crippen molar-refractivity contribution >= 4 is 17.2 Å². The normalized spacial score (nSPS) is 13.4. The van der Waals surface area contributed by atoms with Crippen LogP contribution in [0, 0.1) is 5.82 Å². The van der Waals surface area contributed by atoms with Gasteiger partial charge < -0.3 is 9.88 Å². The summed E-state index contributed by atoms with van der Waals surface area (Å²) in [7, 11) is 0. The molecular weight excluding hydrogens is 445 g/mol. The fourth-order valence-corrected chi connectivity index (χ4v) is 4.53. The third kappa shape index (κ3) is 3.84. The summed E-state index contributed by atoms with van der Waals surface area (Å²) in [6, 6.07) is 16.2. The average molecular weight is 468 g/mol. The molecule has 5 aromatic rings. The van der Waals surface area contributed by atoms with Crippen LogP contribution >= 0.6 is 0 Å². The zero-order valence-corrected chi connectivity index (χ0v) is 18.9. The largest absolute Gasteiger partial charge is 0.319 e. The Hall–Kier alpha value is -4.40. The van der Waals surface area contributed by atoms with Gasteiger partial charge in [0.25, 0.3) is 5.91 Å². The van der Waals surface area contributed by atoms with Crippen LogP contribution in [0.2, 0.25) is 0 Å². The predicted octanol–water partition coefficient (Wildman–Crippen LogP) is 4.77. The van der Waals surface area contributed by atoms with Crippen molar-refractivity contribution in [3.8, 4) is 22.6 Å². The minimum atomic E-state index is -0.535. The lowest BCUT2D eigenvalue weighted by Gasteiger charge is -2.10. The van der Waals surface area contributed by atoms with Gasteiger partial charge in [-0.1, -0.05) is 36.8 Å². The van der Waals surface area contributed by atoms with E-state index in [1.54, 1.807) is 22.8 Å². The highest BCUT2D eigenvalue weighted by molar-refractivity contribution is 6.08. The summed E-state index contributed by atoms with van der Waals surface area (Å²) in [5.41, 5.74) is 3.16. The van der Waals surface area contributed by atoms with E-state index in [9.17, 15) is 9.18 Å². The van der Waals surface area contributed by atoms with Crippen LogP contribution in [-0.2, 0) is 13.0 Å². The summed E-state index contributed by atoms with van der Waals surface area (Å²) in [4.78, 5) is 17.5. The maximum absolute atomic E-state index is 14.7. The molecule has 1 N–H and O–H groups in total. The summed E-state index contributed by atoms with van der Waals surface area (Å²) < 4.78 is 18.4. The van der Waals surface area contributed by atoms with Crippen molar-refractivity contribution in [3.05, 3.63) is 84.2 Å². The van der Waals surface area contributed by atoms with Gasteiger partial charge in [-0.15, -0.1) is 10.2 Å². The molecule has 35 heavy (non-hydrogen) atoms. The Labute approximate surface area is 200 Å². The first-order chi connectivity index (χ1) is 17.2. The molecule has 9 heteroatoms. The average Bonchev–Trinajstić information content (AvgIpc) is 3.43. The Morgan fingerprint density at radius 1 is 0.971 bits per heavy atom. The van der Waals surface area contributed by atoms with Crippen molar-refractivity contribution in [1.29, 1.82) is 0 Å². The summed E-state index contributed by atoms with van der Waals surface area (Å²) in [6.45, 7) is 0.828. The molecule has 0 radical (unpaired) electrons. The zero-order valence-electron chi connectivity index (χ0n) is 18.9. The summed E-state index contributed by atoms with van der Waals surface area (Å²) in [5.74, 6) is 0.600. The highest BCUT2D eigenvalue weighted by Gasteiger charge is 2.20. The molecule has 0 saturated carbocycles. The van der Waals surface area contributed by atoms with E-state index >= 15 is 0 Å². The van der Waals surface area contributed by atoms with Gasteiger partial charge in [0, 0.05) is 30.3 Å². The summed E-state index contributed by atoms with van der Waals surface area (Å²) in [6.07, 6.45) is 7.24. The monoisotopic (exact) mass is 467 g/mol. The second-order valence-corrected chi connectivity index (χ2v) is 8.54. The van der Waals surface area contributed by atoms with Gasteiger partial charge in [0.1, 0.15) is 17.2 Å².